The Morgan fingerprint density at radius 2 is 2.16 bits per heavy atom. The molecular formula is C13H14FN3O2. The minimum Gasteiger partial charge on any atom is -0.305 e. The number of nitrogens with one attached hydrogen (secondary N) is 1. The molecule has 0 atom stereocenters. The van der Waals surface area contributed by atoms with Gasteiger partial charge in [0.1, 0.15) is 11.5 Å². The first-order valence-electron chi connectivity index (χ1n) is 6.05. The molecule has 100 valence electrons. The van der Waals surface area contributed by atoms with Crippen molar-refractivity contribution in [3.63, 3.8) is 0 Å². The van der Waals surface area contributed by atoms with Gasteiger partial charge in [0.15, 0.2) is 0 Å². The van der Waals surface area contributed by atoms with E-state index in [-0.39, 0.29) is 36.1 Å². The molecule has 0 fully saturated rings. The minimum atomic E-state index is -0.460. The second-order valence-electron chi connectivity index (χ2n) is 4.09. The molecule has 0 spiro atoms. The van der Waals surface area contributed by atoms with Crippen molar-refractivity contribution < 1.29 is 14.0 Å². The fourth-order valence-corrected chi connectivity index (χ4v) is 1.88. The van der Waals surface area contributed by atoms with Crippen LogP contribution in [0.15, 0.2) is 29.4 Å². The molecule has 1 aliphatic rings. The Balaban J connectivity index is 2.25. The molecule has 1 heterocycles. The third-order valence-corrected chi connectivity index (χ3v) is 2.86. The van der Waals surface area contributed by atoms with Gasteiger partial charge in [-0.2, -0.15) is 5.10 Å². The lowest BCUT2D eigenvalue weighted by molar-refractivity contribution is -0.121. The number of hydrogen-bond acceptors (Lipinski definition) is 3. The summed E-state index contributed by atoms with van der Waals surface area (Å²) in [6, 6.07) is 6.07. The highest BCUT2D eigenvalue weighted by Crippen LogP contribution is 2.19. The monoisotopic (exact) mass is 263 g/mol. The van der Waals surface area contributed by atoms with Gasteiger partial charge in [-0.25, -0.2) is 9.82 Å². The van der Waals surface area contributed by atoms with Crippen molar-refractivity contribution in [3.05, 3.63) is 30.1 Å². The van der Waals surface area contributed by atoms with Gasteiger partial charge in [0.05, 0.1) is 5.69 Å². The van der Waals surface area contributed by atoms with Crippen LogP contribution in [-0.4, -0.2) is 24.1 Å². The normalized spacial score (nSPS) is 14.6. The maximum Gasteiger partial charge on any atom is 0.274 e. The highest BCUT2D eigenvalue weighted by atomic mass is 19.1. The predicted octanol–water partition coefficient (Wildman–Crippen LogP) is 1.44. The summed E-state index contributed by atoms with van der Waals surface area (Å²) in [5, 5.41) is 3.74. The highest BCUT2D eigenvalue weighted by molar-refractivity contribution is 6.44. The van der Waals surface area contributed by atoms with Crippen LogP contribution in [0.25, 0.3) is 0 Å². The van der Waals surface area contributed by atoms with Gasteiger partial charge in [-0.3, -0.25) is 9.59 Å². The number of amides is 2. The van der Waals surface area contributed by atoms with Crippen molar-refractivity contribution in [2.75, 3.05) is 11.4 Å². The third kappa shape index (κ3) is 2.78. The molecule has 1 aromatic carbocycles. The standard InChI is InChI=1S/C13H14FN3O2/c1-2-17(11-6-4-3-5-9(11)14)13(19)10-7-8-12(18)16-15-10/h3-6H,2,7-8H2,1H3,(H,16,18). The first kappa shape index (κ1) is 13.2. The van der Waals surface area contributed by atoms with E-state index in [0.717, 1.165) is 0 Å². The second-order valence-corrected chi connectivity index (χ2v) is 4.09. The number of hydrazone groups is 1. The van der Waals surface area contributed by atoms with Crippen LogP contribution in [0.4, 0.5) is 10.1 Å². The van der Waals surface area contributed by atoms with Crippen molar-refractivity contribution in [3.8, 4) is 0 Å². The molecule has 0 aliphatic carbocycles. The molecule has 0 aromatic heterocycles. The van der Waals surface area contributed by atoms with E-state index in [1.807, 2.05) is 0 Å². The van der Waals surface area contributed by atoms with Gasteiger partial charge in [0.2, 0.25) is 5.91 Å². The Morgan fingerprint density at radius 1 is 1.42 bits per heavy atom. The van der Waals surface area contributed by atoms with Crippen molar-refractivity contribution >= 4 is 23.2 Å². The number of para-hydroxylation sites is 1. The summed E-state index contributed by atoms with van der Waals surface area (Å²) in [5.74, 6) is -1.06. The van der Waals surface area contributed by atoms with Crippen molar-refractivity contribution in [1.82, 2.24) is 5.43 Å². The summed E-state index contributed by atoms with van der Waals surface area (Å²) in [4.78, 5) is 24.6. The number of hydrogen-bond donors (Lipinski definition) is 1. The lowest BCUT2D eigenvalue weighted by atomic mass is 10.1. The Morgan fingerprint density at radius 3 is 2.74 bits per heavy atom. The molecule has 19 heavy (non-hydrogen) atoms. The summed E-state index contributed by atoms with van der Waals surface area (Å²) in [7, 11) is 0. The Hall–Kier alpha value is -2.24. The van der Waals surface area contributed by atoms with Gasteiger partial charge in [0, 0.05) is 19.4 Å². The zero-order chi connectivity index (χ0) is 13.8. The van der Waals surface area contributed by atoms with E-state index in [9.17, 15) is 14.0 Å². The maximum absolute atomic E-state index is 13.7. The molecule has 1 aliphatic heterocycles. The Labute approximate surface area is 110 Å². The fourth-order valence-electron chi connectivity index (χ4n) is 1.88. The van der Waals surface area contributed by atoms with Gasteiger partial charge >= 0.3 is 0 Å². The van der Waals surface area contributed by atoms with Crippen LogP contribution >= 0.6 is 0 Å². The maximum atomic E-state index is 13.7. The Kier molecular flexibility index (Phi) is 3.89. The smallest absolute Gasteiger partial charge is 0.274 e. The largest absolute Gasteiger partial charge is 0.305 e. The van der Waals surface area contributed by atoms with Gasteiger partial charge in [0.25, 0.3) is 5.91 Å². The average molecular weight is 263 g/mol. The minimum absolute atomic E-state index is 0.217. The van der Waals surface area contributed by atoms with E-state index in [2.05, 4.69) is 10.5 Å². The molecule has 6 heteroatoms. The SMILES string of the molecule is CCN(C(=O)C1=NNC(=O)CC1)c1ccccc1F. The molecule has 1 N–H and O–H groups in total. The molecule has 2 rings (SSSR count). The van der Waals surface area contributed by atoms with E-state index >= 15 is 0 Å². The average Bonchev–Trinajstić information content (AvgIpc) is 2.42. The summed E-state index contributed by atoms with van der Waals surface area (Å²) >= 11 is 0. The van der Waals surface area contributed by atoms with Crippen LogP contribution in [0, 0.1) is 5.82 Å². The number of halogens is 1. The predicted molar refractivity (Wildman–Crippen MR) is 69.2 cm³/mol. The van der Waals surface area contributed by atoms with Gasteiger partial charge in [-0.15, -0.1) is 0 Å². The van der Waals surface area contributed by atoms with E-state index in [1.165, 1.54) is 11.0 Å². The number of benzene rings is 1. The van der Waals surface area contributed by atoms with Crippen molar-refractivity contribution in [2.24, 2.45) is 5.10 Å². The van der Waals surface area contributed by atoms with Crippen LogP contribution in [0.5, 0.6) is 0 Å². The number of rotatable bonds is 3. The molecule has 5 nitrogen and oxygen atoms in total. The number of carbonyl (C=O) groups excluding carboxylic acids is 2. The first-order chi connectivity index (χ1) is 9.13. The number of anilines is 1. The second kappa shape index (κ2) is 5.60. The zero-order valence-corrected chi connectivity index (χ0v) is 10.5. The van der Waals surface area contributed by atoms with Crippen LogP contribution in [0.1, 0.15) is 19.8 Å². The fraction of sp³-hybridized carbons (Fsp3) is 0.308. The molecule has 0 radical (unpaired) electrons. The number of carbonyl (C=O) groups is 2. The summed E-state index contributed by atoms with van der Waals surface area (Å²) < 4.78 is 13.7. The van der Waals surface area contributed by atoms with E-state index in [4.69, 9.17) is 0 Å². The lowest BCUT2D eigenvalue weighted by Gasteiger charge is -2.23. The van der Waals surface area contributed by atoms with Gasteiger partial charge in [-0.05, 0) is 19.1 Å². The van der Waals surface area contributed by atoms with Crippen LogP contribution in [-0.2, 0) is 9.59 Å². The van der Waals surface area contributed by atoms with E-state index < -0.39 is 5.82 Å². The summed E-state index contributed by atoms with van der Waals surface area (Å²) in [6.07, 6.45) is 0.495. The molecule has 2 amide bonds. The molecule has 1 aromatic rings. The zero-order valence-electron chi connectivity index (χ0n) is 10.5. The molecular weight excluding hydrogens is 249 g/mol. The van der Waals surface area contributed by atoms with E-state index in [0.29, 0.717) is 6.54 Å². The first-order valence-corrected chi connectivity index (χ1v) is 6.05. The molecule has 0 saturated heterocycles. The lowest BCUT2D eigenvalue weighted by Crippen LogP contribution is -2.40. The van der Waals surface area contributed by atoms with Crippen LogP contribution < -0.4 is 10.3 Å². The van der Waals surface area contributed by atoms with Crippen molar-refractivity contribution in [2.45, 2.75) is 19.8 Å². The molecule has 0 saturated carbocycles. The molecule has 0 bridgehead atoms. The highest BCUT2D eigenvalue weighted by Gasteiger charge is 2.25. The Bertz CT molecular complexity index is 542. The van der Waals surface area contributed by atoms with Crippen molar-refractivity contribution in [1.29, 1.82) is 0 Å². The third-order valence-electron chi connectivity index (χ3n) is 2.86. The van der Waals surface area contributed by atoms with Crippen LogP contribution in [0.3, 0.4) is 0 Å². The quantitative estimate of drug-likeness (QED) is 0.897. The summed E-state index contributed by atoms with van der Waals surface area (Å²) in [6.45, 7) is 2.08. The summed E-state index contributed by atoms with van der Waals surface area (Å²) in [5.41, 5.74) is 2.72. The van der Waals surface area contributed by atoms with Crippen LogP contribution in [0.2, 0.25) is 0 Å². The van der Waals surface area contributed by atoms with E-state index in [1.54, 1.807) is 25.1 Å². The topological polar surface area (TPSA) is 61.8 Å². The van der Waals surface area contributed by atoms with Gasteiger partial charge in [-0.1, -0.05) is 12.1 Å². The number of nitrogens with zero attached hydrogens (tertiary/aromatic N) is 2. The molecule has 0 unspecified atom stereocenters. The van der Waals surface area contributed by atoms with Gasteiger partial charge < -0.3 is 4.90 Å².